The summed E-state index contributed by atoms with van der Waals surface area (Å²) in [5, 5.41) is 3.25. The molecule has 0 saturated heterocycles. The van der Waals surface area contributed by atoms with Crippen molar-refractivity contribution >= 4 is 21.6 Å². The Morgan fingerprint density at radius 2 is 2.15 bits per heavy atom. The van der Waals surface area contributed by atoms with Gasteiger partial charge < -0.3 is 10.1 Å². The van der Waals surface area contributed by atoms with E-state index in [-0.39, 0.29) is 5.82 Å². The van der Waals surface area contributed by atoms with E-state index in [2.05, 4.69) is 27.3 Å². The minimum atomic E-state index is -0.189. The highest BCUT2D eigenvalue weighted by molar-refractivity contribution is 9.10. The summed E-state index contributed by atoms with van der Waals surface area (Å²) in [4.78, 5) is 0. The van der Waals surface area contributed by atoms with Crippen LogP contribution >= 0.6 is 15.9 Å². The molecule has 0 spiro atoms. The molecule has 104 valence electrons. The van der Waals surface area contributed by atoms with Gasteiger partial charge in [0.15, 0.2) is 0 Å². The summed E-state index contributed by atoms with van der Waals surface area (Å²) in [6.45, 7) is 3.11. The largest absolute Gasteiger partial charge is 0.493 e. The van der Waals surface area contributed by atoms with E-state index in [1.54, 1.807) is 13.0 Å². The second-order valence-electron chi connectivity index (χ2n) is 4.97. The van der Waals surface area contributed by atoms with Crippen molar-refractivity contribution in [1.82, 2.24) is 0 Å². The van der Waals surface area contributed by atoms with Gasteiger partial charge in [0.25, 0.3) is 0 Å². The van der Waals surface area contributed by atoms with Gasteiger partial charge in [0, 0.05) is 28.7 Å². The van der Waals surface area contributed by atoms with E-state index < -0.39 is 0 Å². The van der Waals surface area contributed by atoms with E-state index in [4.69, 9.17) is 4.74 Å². The third-order valence-electron chi connectivity index (χ3n) is 3.48. The predicted molar refractivity (Wildman–Crippen MR) is 81.8 cm³/mol. The lowest BCUT2D eigenvalue weighted by Crippen LogP contribution is -2.02. The summed E-state index contributed by atoms with van der Waals surface area (Å²) in [6.07, 6.45) is 0.945. The van der Waals surface area contributed by atoms with E-state index in [0.29, 0.717) is 12.1 Å². The molecule has 2 nitrogen and oxygen atoms in total. The van der Waals surface area contributed by atoms with E-state index in [1.807, 2.05) is 12.1 Å². The van der Waals surface area contributed by atoms with Gasteiger partial charge >= 0.3 is 0 Å². The Balaban J connectivity index is 1.80. The first kappa shape index (κ1) is 13.4. The molecule has 1 heterocycles. The molecule has 3 rings (SSSR count). The smallest absolute Gasteiger partial charge is 0.128 e. The minimum Gasteiger partial charge on any atom is -0.493 e. The fourth-order valence-electron chi connectivity index (χ4n) is 2.38. The summed E-state index contributed by atoms with van der Waals surface area (Å²) in [7, 11) is 0. The Kier molecular flexibility index (Phi) is 3.66. The van der Waals surface area contributed by atoms with Crippen molar-refractivity contribution in [2.45, 2.75) is 19.9 Å². The fourth-order valence-corrected chi connectivity index (χ4v) is 2.93. The zero-order chi connectivity index (χ0) is 14.1. The van der Waals surface area contributed by atoms with Crippen molar-refractivity contribution in [3.05, 3.63) is 57.3 Å². The monoisotopic (exact) mass is 335 g/mol. The summed E-state index contributed by atoms with van der Waals surface area (Å²) < 4.78 is 20.2. The fraction of sp³-hybridized carbons (Fsp3) is 0.250. The molecule has 1 aliphatic heterocycles. The van der Waals surface area contributed by atoms with Gasteiger partial charge in [-0.15, -0.1) is 0 Å². The van der Waals surface area contributed by atoms with Crippen LogP contribution in [0.3, 0.4) is 0 Å². The second-order valence-corrected chi connectivity index (χ2v) is 5.88. The van der Waals surface area contributed by atoms with Crippen molar-refractivity contribution in [2.24, 2.45) is 0 Å². The van der Waals surface area contributed by atoms with Crippen molar-refractivity contribution in [2.75, 3.05) is 11.9 Å². The average molecular weight is 336 g/mol. The Hall–Kier alpha value is -1.55. The number of nitrogens with one attached hydrogen (secondary N) is 1. The van der Waals surface area contributed by atoms with Crippen LogP contribution in [0.5, 0.6) is 5.75 Å². The number of ether oxygens (including phenoxy) is 1. The van der Waals surface area contributed by atoms with E-state index in [0.717, 1.165) is 34.5 Å². The van der Waals surface area contributed by atoms with Crippen LogP contribution in [0.4, 0.5) is 10.1 Å². The Bertz CT molecular complexity index is 657. The molecule has 4 heteroatoms. The highest BCUT2D eigenvalue weighted by Gasteiger charge is 2.17. The van der Waals surface area contributed by atoms with Crippen LogP contribution < -0.4 is 10.1 Å². The maximum atomic E-state index is 13.5. The molecule has 0 aliphatic carbocycles. The topological polar surface area (TPSA) is 21.3 Å². The first-order valence-corrected chi connectivity index (χ1v) is 7.37. The maximum Gasteiger partial charge on any atom is 0.128 e. The summed E-state index contributed by atoms with van der Waals surface area (Å²) in [6, 6.07) is 9.32. The highest BCUT2D eigenvalue weighted by atomic mass is 79.9. The number of hydrogen-bond acceptors (Lipinski definition) is 2. The summed E-state index contributed by atoms with van der Waals surface area (Å²) in [5.41, 5.74) is 3.75. The van der Waals surface area contributed by atoms with Crippen LogP contribution in [-0.4, -0.2) is 6.61 Å². The lowest BCUT2D eigenvalue weighted by Gasteiger charge is -2.11. The van der Waals surface area contributed by atoms with E-state index in [1.165, 1.54) is 11.6 Å². The molecule has 1 N–H and O–H groups in total. The van der Waals surface area contributed by atoms with Crippen LogP contribution in [0, 0.1) is 12.7 Å². The van der Waals surface area contributed by atoms with Gasteiger partial charge in [-0.3, -0.25) is 0 Å². The molecule has 0 aromatic heterocycles. The SMILES string of the molecule is Cc1ccc(NCc2cc(Br)cc3c2OCC3)cc1F. The molecular formula is C16H15BrFNO. The second kappa shape index (κ2) is 5.44. The summed E-state index contributed by atoms with van der Waals surface area (Å²) >= 11 is 3.52. The van der Waals surface area contributed by atoms with Gasteiger partial charge in [-0.1, -0.05) is 22.0 Å². The van der Waals surface area contributed by atoms with Crippen LogP contribution in [0.1, 0.15) is 16.7 Å². The molecular weight excluding hydrogens is 321 g/mol. The number of benzene rings is 2. The van der Waals surface area contributed by atoms with Crippen LogP contribution in [-0.2, 0) is 13.0 Å². The molecule has 2 aromatic rings. The van der Waals surface area contributed by atoms with Crippen molar-refractivity contribution in [3.63, 3.8) is 0 Å². The Morgan fingerprint density at radius 3 is 2.95 bits per heavy atom. The van der Waals surface area contributed by atoms with Gasteiger partial charge in [-0.25, -0.2) is 4.39 Å². The summed E-state index contributed by atoms with van der Waals surface area (Å²) in [5.74, 6) is 0.777. The molecule has 0 unspecified atom stereocenters. The molecule has 0 saturated carbocycles. The number of hydrogen-bond donors (Lipinski definition) is 1. The normalized spacial score (nSPS) is 12.9. The number of halogens is 2. The Morgan fingerprint density at radius 1 is 1.30 bits per heavy atom. The molecule has 0 amide bonds. The number of fused-ring (bicyclic) bond motifs is 1. The zero-order valence-corrected chi connectivity index (χ0v) is 12.8. The number of rotatable bonds is 3. The number of aryl methyl sites for hydroxylation is 1. The predicted octanol–water partition coefficient (Wildman–Crippen LogP) is 4.44. The standard InChI is InChI=1S/C16H15BrFNO/c1-10-2-3-14(8-15(10)18)19-9-12-7-13(17)6-11-4-5-20-16(11)12/h2-3,6-8,19H,4-5,9H2,1H3. The molecule has 0 atom stereocenters. The molecule has 0 fully saturated rings. The first-order valence-electron chi connectivity index (χ1n) is 6.57. The molecule has 20 heavy (non-hydrogen) atoms. The highest BCUT2D eigenvalue weighted by Crippen LogP contribution is 2.33. The van der Waals surface area contributed by atoms with Gasteiger partial charge in [-0.2, -0.15) is 0 Å². The van der Waals surface area contributed by atoms with Crippen molar-refractivity contribution in [3.8, 4) is 5.75 Å². The van der Waals surface area contributed by atoms with Crippen LogP contribution in [0.15, 0.2) is 34.8 Å². The van der Waals surface area contributed by atoms with Gasteiger partial charge in [0.05, 0.1) is 6.61 Å². The average Bonchev–Trinajstić information content (AvgIpc) is 2.88. The first-order chi connectivity index (χ1) is 9.63. The molecule has 0 radical (unpaired) electrons. The molecule has 0 bridgehead atoms. The zero-order valence-electron chi connectivity index (χ0n) is 11.2. The van der Waals surface area contributed by atoms with Crippen LogP contribution in [0.25, 0.3) is 0 Å². The number of anilines is 1. The third-order valence-corrected chi connectivity index (χ3v) is 3.94. The quantitative estimate of drug-likeness (QED) is 0.895. The maximum absolute atomic E-state index is 13.5. The van der Waals surface area contributed by atoms with Crippen molar-refractivity contribution < 1.29 is 9.13 Å². The lowest BCUT2D eigenvalue weighted by atomic mass is 10.1. The molecule has 2 aromatic carbocycles. The van der Waals surface area contributed by atoms with Gasteiger partial charge in [0.1, 0.15) is 11.6 Å². The lowest BCUT2D eigenvalue weighted by molar-refractivity contribution is 0.354. The van der Waals surface area contributed by atoms with E-state index >= 15 is 0 Å². The third kappa shape index (κ3) is 2.66. The van der Waals surface area contributed by atoms with Gasteiger partial charge in [0.2, 0.25) is 0 Å². The van der Waals surface area contributed by atoms with Crippen molar-refractivity contribution in [1.29, 1.82) is 0 Å². The Labute approximate surface area is 126 Å². The van der Waals surface area contributed by atoms with Gasteiger partial charge in [-0.05, 0) is 42.3 Å². The molecule has 1 aliphatic rings. The van der Waals surface area contributed by atoms with E-state index in [9.17, 15) is 4.39 Å². The minimum absolute atomic E-state index is 0.189. The van der Waals surface area contributed by atoms with Crippen LogP contribution in [0.2, 0.25) is 0 Å².